The van der Waals surface area contributed by atoms with Gasteiger partial charge in [-0.1, -0.05) is 0 Å². The fraction of sp³-hybridized carbons (Fsp3) is 0.333. The van der Waals surface area contributed by atoms with E-state index < -0.39 is 10.0 Å². The van der Waals surface area contributed by atoms with Gasteiger partial charge in [0.15, 0.2) is 0 Å². The van der Waals surface area contributed by atoms with Gasteiger partial charge in [-0.2, -0.15) is 0 Å². The fourth-order valence-electron chi connectivity index (χ4n) is 3.05. The number of anilines is 1. The minimum Gasteiger partial charge on any atom is -0.419 e. The molecule has 3 aromatic rings. The third kappa shape index (κ3) is 3.49. The fourth-order valence-corrected chi connectivity index (χ4v) is 4.96. The van der Waals surface area contributed by atoms with Crippen LogP contribution in [0.3, 0.4) is 0 Å². The minimum absolute atomic E-state index is 0.206. The van der Waals surface area contributed by atoms with Crippen LogP contribution >= 0.6 is 11.8 Å². The Morgan fingerprint density at radius 2 is 1.89 bits per heavy atom. The monoisotopic (exact) mass is 404 g/mol. The first-order valence-electron chi connectivity index (χ1n) is 8.59. The van der Waals surface area contributed by atoms with Crippen LogP contribution in [0.15, 0.2) is 38.5 Å². The summed E-state index contributed by atoms with van der Waals surface area (Å²) >= 11 is 1.60. The van der Waals surface area contributed by atoms with Crippen LogP contribution in [0.1, 0.15) is 35.9 Å². The van der Waals surface area contributed by atoms with Crippen molar-refractivity contribution in [2.24, 2.45) is 0 Å². The van der Waals surface area contributed by atoms with E-state index in [4.69, 9.17) is 4.42 Å². The molecule has 0 amide bonds. The van der Waals surface area contributed by atoms with Gasteiger partial charge in [0.25, 0.3) is 15.9 Å². The van der Waals surface area contributed by atoms with Crippen LogP contribution in [-0.4, -0.2) is 29.9 Å². The summed E-state index contributed by atoms with van der Waals surface area (Å²) in [6.45, 7) is 3.46. The molecular weight excluding hydrogens is 384 g/mol. The van der Waals surface area contributed by atoms with E-state index in [0.29, 0.717) is 40.3 Å². The molecule has 4 rings (SSSR count). The number of benzene rings is 1. The standard InChI is InChI=1S/C18H20N4O3S2/c1-10-15(18-21-20-17(25-18)12-4-5-12)19-11(2)16(10)27(23,24)22-13-6-8-14(26-3)9-7-13/h6-9,12,19,22H,4-5H2,1-3H3. The van der Waals surface area contributed by atoms with E-state index in [1.54, 1.807) is 37.7 Å². The van der Waals surface area contributed by atoms with Gasteiger partial charge in [-0.3, -0.25) is 4.72 Å². The zero-order valence-corrected chi connectivity index (χ0v) is 16.9. The first-order valence-corrected chi connectivity index (χ1v) is 11.3. The molecule has 1 fully saturated rings. The van der Waals surface area contributed by atoms with Gasteiger partial charge in [-0.15, -0.1) is 22.0 Å². The first kappa shape index (κ1) is 18.1. The van der Waals surface area contributed by atoms with Gasteiger partial charge in [0.2, 0.25) is 5.89 Å². The predicted molar refractivity (Wildman–Crippen MR) is 105 cm³/mol. The molecule has 1 aliphatic rings. The molecule has 142 valence electrons. The molecule has 7 nitrogen and oxygen atoms in total. The van der Waals surface area contributed by atoms with Crippen LogP contribution in [-0.2, 0) is 10.0 Å². The van der Waals surface area contributed by atoms with Crippen molar-refractivity contribution in [1.29, 1.82) is 0 Å². The van der Waals surface area contributed by atoms with Crippen molar-refractivity contribution in [2.75, 3.05) is 11.0 Å². The molecule has 0 atom stereocenters. The highest BCUT2D eigenvalue weighted by Crippen LogP contribution is 2.40. The van der Waals surface area contributed by atoms with Gasteiger partial charge >= 0.3 is 0 Å². The smallest absolute Gasteiger partial charge is 0.264 e. The Bertz CT molecular complexity index is 1080. The molecule has 2 aromatic heterocycles. The Morgan fingerprint density at radius 3 is 2.52 bits per heavy atom. The van der Waals surface area contributed by atoms with Crippen LogP contribution in [0.5, 0.6) is 0 Å². The number of aromatic nitrogens is 3. The topological polar surface area (TPSA) is 101 Å². The summed E-state index contributed by atoms with van der Waals surface area (Å²) in [5.74, 6) is 1.29. The lowest BCUT2D eigenvalue weighted by Gasteiger charge is -2.09. The van der Waals surface area contributed by atoms with E-state index in [-0.39, 0.29) is 4.90 Å². The highest BCUT2D eigenvalue weighted by atomic mass is 32.2. The third-order valence-corrected chi connectivity index (χ3v) is 6.96. The maximum Gasteiger partial charge on any atom is 0.264 e. The summed E-state index contributed by atoms with van der Waals surface area (Å²) in [6.07, 6.45) is 4.09. The zero-order chi connectivity index (χ0) is 19.2. The summed E-state index contributed by atoms with van der Waals surface area (Å²) < 4.78 is 34.3. The first-order chi connectivity index (χ1) is 12.9. The number of aryl methyl sites for hydroxylation is 1. The molecule has 0 saturated heterocycles. The Balaban J connectivity index is 1.66. The molecule has 1 aromatic carbocycles. The molecule has 0 aliphatic heterocycles. The quantitative estimate of drug-likeness (QED) is 0.600. The maximum absolute atomic E-state index is 13.0. The molecule has 2 N–H and O–H groups in total. The minimum atomic E-state index is -3.76. The second-order valence-corrected chi connectivity index (χ2v) is 9.13. The van der Waals surface area contributed by atoms with Crippen molar-refractivity contribution in [3.8, 4) is 11.6 Å². The Kier molecular flexibility index (Phi) is 4.51. The predicted octanol–water partition coefficient (Wildman–Crippen LogP) is 4.08. The third-order valence-electron chi connectivity index (χ3n) is 4.56. The average molecular weight is 405 g/mol. The van der Waals surface area contributed by atoms with Crippen LogP contribution in [0.4, 0.5) is 5.69 Å². The lowest BCUT2D eigenvalue weighted by atomic mass is 10.2. The average Bonchev–Trinajstić information content (AvgIpc) is 3.28. The van der Waals surface area contributed by atoms with Gasteiger partial charge in [-0.05, 0) is 57.2 Å². The summed E-state index contributed by atoms with van der Waals surface area (Å²) in [6, 6.07) is 7.26. The highest BCUT2D eigenvalue weighted by Gasteiger charge is 2.31. The van der Waals surface area contributed by atoms with Crippen LogP contribution in [0.25, 0.3) is 11.6 Å². The molecule has 0 unspecified atom stereocenters. The number of rotatable bonds is 6. The van der Waals surface area contributed by atoms with Gasteiger partial charge in [0, 0.05) is 27.8 Å². The maximum atomic E-state index is 13.0. The molecule has 2 heterocycles. The molecule has 9 heteroatoms. The van der Waals surface area contributed by atoms with Gasteiger partial charge in [0.1, 0.15) is 10.6 Å². The summed E-state index contributed by atoms with van der Waals surface area (Å²) in [7, 11) is -3.76. The highest BCUT2D eigenvalue weighted by molar-refractivity contribution is 7.98. The van der Waals surface area contributed by atoms with Gasteiger partial charge in [0.05, 0.1) is 0 Å². The Morgan fingerprint density at radius 1 is 1.19 bits per heavy atom. The Hall–Kier alpha value is -2.26. The van der Waals surface area contributed by atoms with Crippen molar-refractivity contribution < 1.29 is 12.8 Å². The number of H-pyrrole nitrogens is 1. The molecule has 1 aliphatic carbocycles. The van der Waals surface area contributed by atoms with Gasteiger partial charge in [-0.25, -0.2) is 8.42 Å². The molecular formula is C18H20N4O3S2. The van der Waals surface area contributed by atoms with Crippen molar-refractivity contribution in [3.05, 3.63) is 41.4 Å². The van der Waals surface area contributed by atoms with Crippen LogP contribution < -0.4 is 4.72 Å². The van der Waals surface area contributed by atoms with Crippen LogP contribution in [0, 0.1) is 13.8 Å². The van der Waals surface area contributed by atoms with E-state index >= 15 is 0 Å². The van der Waals surface area contributed by atoms with Gasteiger partial charge < -0.3 is 9.40 Å². The lowest BCUT2D eigenvalue weighted by molar-refractivity contribution is 0.507. The number of thioether (sulfide) groups is 1. The SMILES string of the molecule is CSc1ccc(NS(=O)(=O)c2c(C)[nH]c(-c3nnc(C4CC4)o3)c2C)cc1. The van der Waals surface area contributed by atoms with Crippen molar-refractivity contribution in [1.82, 2.24) is 15.2 Å². The van der Waals surface area contributed by atoms with E-state index in [2.05, 4.69) is 19.9 Å². The van der Waals surface area contributed by atoms with Crippen molar-refractivity contribution >= 4 is 27.5 Å². The molecule has 0 radical (unpaired) electrons. The normalized spacial score (nSPS) is 14.5. The molecule has 27 heavy (non-hydrogen) atoms. The number of hydrogen-bond donors (Lipinski definition) is 2. The largest absolute Gasteiger partial charge is 0.419 e. The van der Waals surface area contributed by atoms with E-state index in [1.807, 2.05) is 18.4 Å². The molecule has 0 bridgehead atoms. The number of aromatic amines is 1. The summed E-state index contributed by atoms with van der Waals surface area (Å²) in [5.41, 5.74) is 2.15. The molecule has 0 spiro atoms. The number of nitrogens with one attached hydrogen (secondary N) is 2. The number of hydrogen-bond acceptors (Lipinski definition) is 6. The second kappa shape index (κ2) is 6.72. The summed E-state index contributed by atoms with van der Waals surface area (Å²) in [4.78, 5) is 4.37. The summed E-state index contributed by atoms with van der Waals surface area (Å²) in [5, 5.41) is 8.16. The van der Waals surface area contributed by atoms with E-state index in [0.717, 1.165) is 17.7 Å². The van der Waals surface area contributed by atoms with E-state index in [1.165, 1.54) is 0 Å². The lowest BCUT2D eigenvalue weighted by Crippen LogP contribution is -2.14. The number of nitrogens with zero attached hydrogens (tertiary/aromatic N) is 2. The van der Waals surface area contributed by atoms with E-state index in [9.17, 15) is 8.42 Å². The second-order valence-electron chi connectivity index (χ2n) is 6.63. The number of sulfonamides is 1. The molecule has 1 saturated carbocycles. The zero-order valence-electron chi connectivity index (χ0n) is 15.2. The van der Waals surface area contributed by atoms with Crippen LogP contribution in [0.2, 0.25) is 0 Å². The van der Waals surface area contributed by atoms with Crippen molar-refractivity contribution in [2.45, 2.75) is 42.4 Å². The van der Waals surface area contributed by atoms with Crippen molar-refractivity contribution in [3.63, 3.8) is 0 Å². The Labute approximate surface area is 162 Å².